The van der Waals surface area contributed by atoms with Crippen LogP contribution >= 0.6 is 0 Å². The molecule has 26 heteroatoms. The summed E-state index contributed by atoms with van der Waals surface area (Å²) in [6.45, 7) is 10.2. The summed E-state index contributed by atoms with van der Waals surface area (Å²) in [6, 6.07) is 15.0. The number of carbonyl (C=O) groups excluding carboxylic acids is 2. The van der Waals surface area contributed by atoms with Gasteiger partial charge in [0.2, 0.25) is 0 Å². The summed E-state index contributed by atoms with van der Waals surface area (Å²) >= 11 is 0. The summed E-state index contributed by atoms with van der Waals surface area (Å²) in [5.41, 5.74) is -6.54. The molecular weight excluding hydrogens is 1090 g/mol. The van der Waals surface area contributed by atoms with E-state index in [0.29, 0.717) is 23.3 Å². The Labute approximate surface area is 446 Å². The molecule has 4 N–H and O–H groups in total. The van der Waals surface area contributed by atoms with Crippen LogP contribution in [0, 0.1) is 10.8 Å². The number of carboxylic acid groups (broad SMARTS) is 2. The highest BCUT2D eigenvalue weighted by molar-refractivity contribution is 7.93. The number of ether oxygens (including phenoxy) is 4. The fraction of sp³-hybridized carbons (Fsp3) is 0.462. The minimum atomic E-state index is -4.79. The Morgan fingerprint density at radius 3 is 1.17 bits per heavy atom. The van der Waals surface area contributed by atoms with Crippen LogP contribution in [0.1, 0.15) is 90.5 Å². The smallest absolute Gasteiger partial charge is 0.416 e. The van der Waals surface area contributed by atoms with Gasteiger partial charge >= 0.3 is 36.2 Å². The minimum absolute atomic E-state index is 0.0143. The van der Waals surface area contributed by atoms with E-state index in [9.17, 15) is 82.8 Å². The predicted molar refractivity (Wildman–Crippen MR) is 268 cm³/mol. The maximum atomic E-state index is 13.7. The van der Waals surface area contributed by atoms with E-state index in [-0.39, 0.29) is 48.6 Å². The van der Waals surface area contributed by atoms with Crippen LogP contribution in [0.3, 0.4) is 0 Å². The first kappa shape index (κ1) is 62.2. The summed E-state index contributed by atoms with van der Waals surface area (Å²) in [7, 11) is -9.24. The molecule has 0 saturated heterocycles. The highest BCUT2D eigenvalue weighted by Gasteiger charge is 2.44. The van der Waals surface area contributed by atoms with Crippen LogP contribution in [0.5, 0.6) is 11.5 Å². The van der Waals surface area contributed by atoms with E-state index in [1.807, 2.05) is 0 Å². The number of anilines is 2. The number of nitrogens with zero attached hydrogens (tertiary/aromatic N) is 2. The van der Waals surface area contributed by atoms with Gasteiger partial charge in [-0.05, 0) is 127 Å². The lowest BCUT2D eigenvalue weighted by Crippen LogP contribution is -2.47. The molecule has 0 fully saturated rings. The third kappa shape index (κ3) is 15.3. The second-order valence-electron chi connectivity index (χ2n) is 21.2. The molecular formula is C52H60F6N2O16S2. The average molecular weight is 1150 g/mol. The highest BCUT2D eigenvalue weighted by Crippen LogP contribution is 2.43. The first-order chi connectivity index (χ1) is 35.7. The second kappa shape index (κ2) is 23.0. The number of aliphatic hydroxyl groups is 2. The van der Waals surface area contributed by atoms with E-state index >= 15 is 0 Å². The Bertz CT molecular complexity index is 2910. The Hall–Kier alpha value is -6.64. The summed E-state index contributed by atoms with van der Waals surface area (Å²) < 4.78 is 159. The molecule has 4 aromatic carbocycles. The predicted octanol–water partition coefficient (Wildman–Crippen LogP) is 8.04. The fourth-order valence-corrected chi connectivity index (χ4v) is 11.1. The number of hydrogen-bond acceptors (Lipinski definition) is 14. The van der Waals surface area contributed by atoms with Crippen molar-refractivity contribution in [3.63, 3.8) is 0 Å². The van der Waals surface area contributed by atoms with Gasteiger partial charge in [0.25, 0.3) is 20.0 Å². The van der Waals surface area contributed by atoms with E-state index in [1.54, 1.807) is 41.5 Å². The number of hydrogen-bond donors (Lipinski definition) is 4. The molecule has 0 radical (unpaired) electrons. The first-order valence-electron chi connectivity index (χ1n) is 23.8. The first-order valence-corrected chi connectivity index (χ1v) is 26.7. The van der Waals surface area contributed by atoms with Gasteiger partial charge in [-0.15, -0.1) is 0 Å². The molecule has 428 valence electrons. The normalized spacial score (nSPS) is 17.5. The van der Waals surface area contributed by atoms with E-state index in [2.05, 4.69) is 0 Å². The molecule has 0 aliphatic carbocycles. The molecule has 0 aromatic heterocycles. The monoisotopic (exact) mass is 1150 g/mol. The Kier molecular flexibility index (Phi) is 18.3. The largest absolute Gasteiger partial charge is 0.486 e. The molecule has 4 atom stereocenters. The topological polar surface area (TPSA) is 261 Å². The third-order valence-corrected chi connectivity index (χ3v) is 15.6. The molecule has 0 amide bonds. The zero-order chi connectivity index (χ0) is 58.8. The van der Waals surface area contributed by atoms with E-state index in [4.69, 9.17) is 18.9 Å². The zero-order valence-corrected chi connectivity index (χ0v) is 45.2. The number of esters is 2. The van der Waals surface area contributed by atoms with Gasteiger partial charge in [-0.1, -0.05) is 24.3 Å². The van der Waals surface area contributed by atoms with Gasteiger partial charge < -0.3 is 39.4 Å². The van der Waals surface area contributed by atoms with Gasteiger partial charge in [-0.25, -0.2) is 16.8 Å². The Morgan fingerprint density at radius 2 is 0.885 bits per heavy atom. The zero-order valence-electron chi connectivity index (χ0n) is 43.6. The number of halogens is 6. The molecule has 0 bridgehead atoms. The molecule has 6 rings (SSSR count). The lowest BCUT2D eigenvalue weighted by molar-refractivity contribution is -0.155. The standard InChI is InChI=1S/2C26H30F3NO8S/c2*1-24(2,3)38-22(32)11-16-8-9-21-20(10-16)30(14-18(37-21)13-25(4,15-31)23(33)34)39(35,36)19-7-5-6-17(12-19)26(27,28)29/h2*5-10,12,18,31H,11,13-15H2,1-4H3,(H,33,34)/t18-,25+;18-,25-/m00/s1. The van der Waals surface area contributed by atoms with Crippen molar-refractivity contribution in [2.45, 2.75) is 127 Å². The number of benzene rings is 4. The number of aliphatic carboxylic acids is 2. The Balaban J connectivity index is 0.000000287. The van der Waals surface area contributed by atoms with Gasteiger partial charge in [0.15, 0.2) is 0 Å². The van der Waals surface area contributed by atoms with Crippen LogP contribution in [0.15, 0.2) is 94.7 Å². The molecule has 4 aromatic rings. The number of aliphatic hydroxyl groups excluding tert-OH is 2. The van der Waals surface area contributed by atoms with Crippen molar-refractivity contribution < 1.29 is 102 Å². The van der Waals surface area contributed by atoms with Crippen molar-refractivity contribution in [1.82, 2.24) is 0 Å². The maximum absolute atomic E-state index is 13.7. The molecule has 0 unspecified atom stereocenters. The summed E-state index contributed by atoms with van der Waals surface area (Å²) in [5.74, 6) is -3.80. The van der Waals surface area contributed by atoms with Crippen molar-refractivity contribution >= 4 is 55.3 Å². The van der Waals surface area contributed by atoms with Crippen LogP contribution in [0.2, 0.25) is 0 Å². The van der Waals surface area contributed by atoms with Crippen molar-refractivity contribution in [1.29, 1.82) is 0 Å². The van der Waals surface area contributed by atoms with Gasteiger partial charge in [0, 0.05) is 12.8 Å². The average Bonchev–Trinajstić information content (AvgIpc) is 3.33. The van der Waals surface area contributed by atoms with Crippen LogP contribution in [0.25, 0.3) is 0 Å². The molecule has 2 heterocycles. The minimum Gasteiger partial charge on any atom is -0.486 e. The quantitative estimate of drug-likeness (QED) is 0.0611. The van der Waals surface area contributed by atoms with Gasteiger partial charge in [0.05, 0.1) is 82.3 Å². The van der Waals surface area contributed by atoms with Crippen molar-refractivity contribution in [2.75, 3.05) is 34.9 Å². The van der Waals surface area contributed by atoms with Gasteiger partial charge in [0.1, 0.15) is 34.9 Å². The summed E-state index contributed by atoms with van der Waals surface area (Å²) in [6.07, 6.45) is -12.7. The van der Waals surface area contributed by atoms with E-state index in [1.165, 1.54) is 50.2 Å². The molecule has 2 aliphatic heterocycles. The third-order valence-electron chi connectivity index (χ3n) is 12.0. The van der Waals surface area contributed by atoms with Crippen molar-refractivity contribution in [3.8, 4) is 11.5 Å². The summed E-state index contributed by atoms with van der Waals surface area (Å²) in [4.78, 5) is 47.0. The van der Waals surface area contributed by atoms with Gasteiger partial charge in [-0.2, -0.15) is 26.3 Å². The van der Waals surface area contributed by atoms with Crippen molar-refractivity contribution in [2.24, 2.45) is 10.8 Å². The maximum Gasteiger partial charge on any atom is 0.416 e. The van der Waals surface area contributed by atoms with E-state index in [0.717, 1.165) is 45.0 Å². The SMILES string of the molecule is CC(C)(C)OC(=O)Cc1ccc2c(c1)N(S(=O)(=O)c1cccc(C(F)(F)F)c1)C[C@H](C[C@@](C)(CO)C(=O)O)O2.CC(C)(C)OC(=O)Cc1ccc2c(c1)N(S(=O)(=O)c1cccc(C(F)(F)F)c1)C[C@H](C[C@](C)(CO)C(=O)O)O2. The van der Waals surface area contributed by atoms with E-state index < -0.39 is 138 Å². The number of fused-ring (bicyclic) bond motifs is 2. The lowest BCUT2D eigenvalue weighted by atomic mass is 9.85. The van der Waals surface area contributed by atoms with Crippen LogP contribution in [0.4, 0.5) is 37.7 Å². The second-order valence-corrected chi connectivity index (χ2v) is 24.9. The molecule has 2 aliphatic rings. The number of sulfonamides is 2. The molecule has 78 heavy (non-hydrogen) atoms. The molecule has 18 nitrogen and oxygen atoms in total. The van der Waals surface area contributed by atoms with Crippen LogP contribution in [-0.2, 0) is 73.9 Å². The highest BCUT2D eigenvalue weighted by atomic mass is 32.2. The summed E-state index contributed by atoms with van der Waals surface area (Å²) in [5, 5.41) is 38.5. The number of alkyl halides is 6. The number of carbonyl (C=O) groups is 4. The fourth-order valence-electron chi connectivity index (χ4n) is 8.06. The van der Waals surface area contributed by atoms with Crippen LogP contribution in [-0.4, -0.2) is 111 Å². The molecule has 0 spiro atoms. The van der Waals surface area contributed by atoms with Gasteiger partial charge in [-0.3, -0.25) is 27.8 Å². The van der Waals surface area contributed by atoms with Crippen LogP contribution < -0.4 is 18.1 Å². The van der Waals surface area contributed by atoms with Crippen molar-refractivity contribution in [3.05, 3.63) is 107 Å². The Morgan fingerprint density at radius 1 is 0.551 bits per heavy atom. The lowest BCUT2D eigenvalue weighted by Gasteiger charge is -2.38. The number of rotatable bonds is 16. The number of carboxylic acids is 2. The molecule has 0 saturated carbocycles.